The molecule has 0 aromatic heterocycles. The van der Waals surface area contributed by atoms with E-state index in [-0.39, 0.29) is 5.75 Å². The van der Waals surface area contributed by atoms with Crippen LogP contribution in [0.5, 0.6) is 5.75 Å². The Kier molecular flexibility index (Phi) is 4.47. The summed E-state index contributed by atoms with van der Waals surface area (Å²) in [7, 11) is 0. The Morgan fingerprint density at radius 1 is 1.18 bits per heavy atom. The van der Waals surface area contributed by atoms with Gasteiger partial charge in [-0.05, 0) is 54.5 Å². The predicted molar refractivity (Wildman–Crippen MR) is 105 cm³/mol. The lowest BCUT2D eigenvalue weighted by Gasteiger charge is -2.33. The topological polar surface area (TPSA) is 24.5 Å². The Hall–Kier alpha value is -1.86. The van der Waals surface area contributed by atoms with E-state index in [1.165, 1.54) is 22.2 Å². The van der Waals surface area contributed by atoms with Crippen molar-refractivity contribution >= 4 is 17.4 Å². The molecule has 28 heavy (non-hydrogen) atoms. The van der Waals surface area contributed by atoms with E-state index in [2.05, 4.69) is 21.0 Å². The number of anilines is 1. The summed E-state index contributed by atoms with van der Waals surface area (Å²) >= 11 is 1.82. The average Bonchev–Trinajstić information content (AvgIpc) is 2.82. The van der Waals surface area contributed by atoms with Crippen LogP contribution < -0.4 is 15.0 Å². The maximum absolute atomic E-state index is 12.9. The second kappa shape index (κ2) is 6.88. The Morgan fingerprint density at radius 2 is 2.04 bits per heavy atom. The number of rotatable bonds is 2. The first-order chi connectivity index (χ1) is 13.5. The summed E-state index contributed by atoms with van der Waals surface area (Å²) < 4.78 is 43.0. The third kappa shape index (κ3) is 3.14. The molecule has 0 bridgehead atoms. The number of piperidine rings is 1. The fourth-order valence-corrected chi connectivity index (χ4v) is 5.87. The van der Waals surface area contributed by atoms with Gasteiger partial charge in [0.15, 0.2) is 0 Å². The van der Waals surface area contributed by atoms with E-state index in [1.54, 1.807) is 18.2 Å². The number of hydrogen-bond donors (Lipinski definition) is 1. The van der Waals surface area contributed by atoms with E-state index in [1.807, 2.05) is 17.8 Å². The molecule has 0 spiro atoms. The van der Waals surface area contributed by atoms with Crippen LogP contribution in [0.1, 0.15) is 24.3 Å². The number of nitrogens with zero attached hydrogens (tertiary/aromatic N) is 1. The first-order valence-corrected chi connectivity index (χ1v) is 10.6. The molecule has 0 radical (unpaired) electrons. The Balaban J connectivity index is 1.64. The van der Waals surface area contributed by atoms with Gasteiger partial charge in [-0.1, -0.05) is 18.2 Å². The lowest BCUT2D eigenvalue weighted by atomic mass is 9.88. The van der Waals surface area contributed by atoms with Crippen molar-refractivity contribution in [2.24, 2.45) is 0 Å². The number of fused-ring (bicyclic) bond motifs is 3. The third-order valence-corrected chi connectivity index (χ3v) is 6.98. The van der Waals surface area contributed by atoms with Gasteiger partial charge in [0.2, 0.25) is 0 Å². The van der Waals surface area contributed by atoms with Crippen LogP contribution in [0.3, 0.4) is 0 Å². The van der Waals surface area contributed by atoms with Crippen molar-refractivity contribution in [3.8, 4) is 16.9 Å². The van der Waals surface area contributed by atoms with Gasteiger partial charge in [-0.15, -0.1) is 24.9 Å². The van der Waals surface area contributed by atoms with Gasteiger partial charge in [-0.25, -0.2) is 0 Å². The maximum atomic E-state index is 12.9. The molecule has 0 amide bonds. The lowest BCUT2D eigenvalue weighted by molar-refractivity contribution is -0.274. The minimum Gasteiger partial charge on any atom is -0.405 e. The van der Waals surface area contributed by atoms with Crippen molar-refractivity contribution in [1.29, 1.82) is 0 Å². The molecule has 1 saturated heterocycles. The largest absolute Gasteiger partial charge is 0.573 e. The van der Waals surface area contributed by atoms with Gasteiger partial charge in [0, 0.05) is 35.5 Å². The number of halogens is 3. The quantitative estimate of drug-likeness (QED) is 0.758. The van der Waals surface area contributed by atoms with Crippen molar-refractivity contribution in [2.75, 3.05) is 30.3 Å². The Morgan fingerprint density at radius 3 is 2.89 bits per heavy atom. The molecule has 2 atom stereocenters. The zero-order valence-corrected chi connectivity index (χ0v) is 16.1. The SMILES string of the molecule is FC(F)(F)Oc1ccccc1-c1cc2c3c(c1)[C@@H]1CNCC[C@@H]1N3CCCS2. The van der Waals surface area contributed by atoms with Gasteiger partial charge in [-0.3, -0.25) is 0 Å². The Labute approximate surface area is 166 Å². The average molecular weight is 406 g/mol. The Bertz CT molecular complexity index is 902. The highest BCUT2D eigenvalue weighted by Gasteiger charge is 2.42. The number of benzene rings is 2. The zero-order chi connectivity index (χ0) is 19.3. The smallest absolute Gasteiger partial charge is 0.405 e. The second-order valence-corrected chi connectivity index (χ2v) is 8.65. The van der Waals surface area contributed by atoms with E-state index in [4.69, 9.17) is 0 Å². The van der Waals surface area contributed by atoms with Crippen LogP contribution >= 0.6 is 11.8 Å². The highest BCUT2D eigenvalue weighted by Crippen LogP contribution is 2.51. The monoisotopic (exact) mass is 406 g/mol. The van der Waals surface area contributed by atoms with Crippen LogP contribution in [-0.4, -0.2) is 37.8 Å². The molecule has 3 heterocycles. The molecule has 0 aliphatic carbocycles. The minimum absolute atomic E-state index is 0.144. The molecule has 1 fully saturated rings. The molecule has 1 N–H and O–H groups in total. The van der Waals surface area contributed by atoms with E-state index in [0.29, 0.717) is 17.5 Å². The predicted octanol–water partition coefficient (Wildman–Crippen LogP) is 5.01. The van der Waals surface area contributed by atoms with Crippen LogP contribution in [0.25, 0.3) is 11.1 Å². The summed E-state index contributed by atoms with van der Waals surface area (Å²) in [6.07, 6.45) is -2.48. The summed E-state index contributed by atoms with van der Waals surface area (Å²) in [5.74, 6) is 1.27. The number of ether oxygens (including phenoxy) is 1. The van der Waals surface area contributed by atoms with Gasteiger partial charge >= 0.3 is 6.36 Å². The van der Waals surface area contributed by atoms with Crippen LogP contribution in [0.2, 0.25) is 0 Å². The summed E-state index contributed by atoms with van der Waals surface area (Å²) in [5.41, 5.74) is 3.86. The van der Waals surface area contributed by atoms with E-state index in [9.17, 15) is 13.2 Å². The first kappa shape index (κ1) is 18.2. The van der Waals surface area contributed by atoms with Gasteiger partial charge in [0.05, 0.1) is 5.69 Å². The van der Waals surface area contributed by atoms with Crippen molar-refractivity contribution in [1.82, 2.24) is 5.32 Å². The number of hydrogen-bond acceptors (Lipinski definition) is 4. The summed E-state index contributed by atoms with van der Waals surface area (Å²) in [5, 5.41) is 3.49. The van der Waals surface area contributed by atoms with E-state index < -0.39 is 6.36 Å². The fraction of sp³-hybridized carbons (Fsp3) is 0.429. The van der Waals surface area contributed by atoms with Crippen LogP contribution in [-0.2, 0) is 0 Å². The van der Waals surface area contributed by atoms with Gasteiger partial charge in [0.25, 0.3) is 0 Å². The molecule has 3 nitrogen and oxygen atoms in total. The fourth-order valence-electron chi connectivity index (χ4n) is 4.80. The third-order valence-electron chi connectivity index (χ3n) is 5.86. The van der Waals surface area contributed by atoms with Gasteiger partial charge < -0.3 is 15.0 Å². The molecule has 3 aliphatic heterocycles. The number of para-hydroxylation sites is 1. The highest BCUT2D eigenvalue weighted by molar-refractivity contribution is 7.99. The number of thioether (sulfide) groups is 1. The summed E-state index contributed by atoms with van der Waals surface area (Å²) in [6.45, 7) is 2.99. The number of alkyl halides is 3. The van der Waals surface area contributed by atoms with Crippen molar-refractivity contribution in [3.63, 3.8) is 0 Å². The molecular formula is C21H21F3N2OS. The van der Waals surface area contributed by atoms with Gasteiger partial charge in [0.1, 0.15) is 5.75 Å². The van der Waals surface area contributed by atoms with Crippen molar-refractivity contribution < 1.29 is 17.9 Å². The number of nitrogens with one attached hydrogen (secondary N) is 1. The molecule has 0 unspecified atom stereocenters. The molecule has 2 aromatic rings. The second-order valence-electron chi connectivity index (χ2n) is 7.52. The van der Waals surface area contributed by atoms with E-state index >= 15 is 0 Å². The first-order valence-electron chi connectivity index (χ1n) is 9.64. The van der Waals surface area contributed by atoms with Gasteiger partial charge in [-0.2, -0.15) is 0 Å². The molecular weight excluding hydrogens is 385 g/mol. The highest BCUT2D eigenvalue weighted by atomic mass is 32.2. The standard InChI is InChI=1S/C21H21F3N2OS/c22-21(23,24)27-18-5-2-1-4-14(18)13-10-15-16-12-25-7-6-17(16)26-8-3-9-28-19(11-13)20(15)26/h1-2,4-5,10-11,16-17,25H,3,6-9,12H2/t16-,17-/m0/s1. The normalized spacial score (nSPS) is 23.8. The lowest BCUT2D eigenvalue weighted by Crippen LogP contribution is -2.44. The van der Waals surface area contributed by atoms with Crippen LogP contribution in [0.4, 0.5) is 18.9 Å². The molecule has 3 aliphatic rings. The van der Waals surface area contributed by atoms with Crippen molar-refractivity contribution in [2.45, 2.75) is 36.1 Å². The van der Waals surface area contributed by atoms with E-state index in [0.717, 1.165) is 43.8 Å². The molecule has 2 aromatic carbocycles. The summed E-state index contributed by atoms with van der Waals surface area (Å²) in [4.78, 5) is 3.74. The van der Waals surface area contributed by atoms with Crippen LogP contribution in [0, 0.1) is 0 Å². The molecule has 7 heteroatoms. The molecule has 148 valence electrons. The van der Waals surface area contributed by atoms with Crippen molar-refractivity contribution in [3.05, 3.63) is 42.0 Å². The van der Waals surface area contributed by atoms with Crippen LogP contribution in [0.15, 0.2) is 41.3 Å². The summed E-state index contributed by atoms with van der Waals surface area (Å²) in [6, 6.07) is 11.1. The molecule has 5 rings (SSSR count). The molecule has 0 saturated carbocycles. The zero-order valence-electron chi connectivity index (χ0n) is 15.3. The maximum Gasteiger partial charge on any atom is 0.573 e. The minimum atomic E-state index is -4.71.